The molecule has 9 heteroatoms. The number of ether oxygens (including phenoxy) is 2. The number of rotatable bonds is 36. The van der Waals surface area contributed by atoms with E-state index < -0.39 is 13.9 Å². The highest BCUT2D eigenvalue weighted by molar-refractivity contribution is 7.47. The van der Waals surface area contributed by atoms with E-state index in [4.69, 9.17) is 24.3 Å². The summed E-state index contributed by atoms with van der Waals surface area (Å²) < 4.78 is 33.0. The third-order valence-corrected chi connectivity index (χ3v) is 9.04. The molecule has 0 heterocycles. The molecule has 0 rings (SSSR count). The van der Waals surface area contributed by atoms with Crippen molar-refractivity contribution in [3.63, 3.8) is 0 Å². The van der Waals surface area contributed by atoms with Gasteiger partial charge in [-0.15, -0.1) is 0 Å². The van der Waals surface area contributed by atoms with E-state index in [0.29, 0.717) is 6.42 Å². The SMILES string of the molecule is CCCCCCCCCCCCCCC=CO[C@H](COC(=O)CCCCCCCCCCCCCC)COP(=O)(O)OCCN. The van der Waals surface area contributed by atoms with Crippen LogP contribution in [0.1, 0.15) is 181 Å². The van der Waals surface area contributed by atoms with E-state index in [1.54, 1.807) is 6.26 Å². The molecule has 1 unspecified atom stereocenters. The zero-order valence-corrected chi connectivity index (χ0v) is 30.3. The van der Waals surface area contributed by atoms with Gasteiger partial charge in [0.2, 0.25) is 0 Å². The first-order valence-corrected chi connectivity index (χ1v) is 20.2. The summed E-state index contributed by atoms with van der Waals surface area (Å²) in [7, 11) is -4.25. The number of carbonyl (C=O) groups excluding carboxylic acids is 1. The lowest BCUT2D eigenvalue weighted by molar-refractivity contribution is -0.147. The normalized spacial score (nSPS) is 13.7. The summed E-state index contributed by atoms with van der Waals surface area (Å²) in [6.45, 7) is 4.22. The topological polar surface area (TPSA) is 117 Å². The molecule has 0 aromatic rings. The van der Waals surface area contributed by atoms with Crippen LogP contribution in [0.4, 0.5) is 0 Å². The minimum Gasteiger partial charge on any atom is -0.492 e. The largest absolute Gasteiger partial charge is 0.492 e. The Morgan fingerprint density at radius 1 is 0.667 bits per heavy atom. The highest BCUT2D eigenvalue weighted by Crippen LogP contribution is 2.43. The predicted molar refractivity (Wildman–Crippen MR) is 187 cm³/mol. The molecule has 0 fully saturated rings. The molecule has 45 heavy (non-hydrogen) atoms. The van der Waals surface area contributed by atoms with Crippen LogP contribution in [0.2, 0.25) is 0 Å². The molecule has 0 saturated heterocycles. The third-order valence-electron chi connectivity index (χ3n) is 8.05. The van der Waals surface area contributed by atoms with Crippen molar-refractivity contribution in [1.82, 2.24) is 0 Å². The van der Waals surface area contributed by atoms with Crippen LogP contribution in [0.3, 0.4) is 0 Å². The highest BCUT2D eigenvalue weighted by Gasteiger charge is 2.24. The monoisotopic (exact) mass is 662 g/mol. The van der Waals surface area contributed by atoms with Gasteiger partial charge in [-0.25, -0.2) is 4.57 Å². The molecule has 0 bridgehead atoms. The first kappa shape index (κ1) is 44.1. The van der Waals surface area contributed by atoms with Gasteiger partial charge in [-0.05, 0) is 25.3 Å². The Morgan fingerprint density at radius 2 is 1.11 bits per heavy atom. The summed E-state index contributed by atoms with van der Waals surface area (Å²) in [5, 5.41) is 0. The molecule has 268 valence electrons. The van der Waals surface area contributed by atoms with Crippen LogP contribution >= 0.6 is 7.82 Å². The fraction of sp³-hybridized carbons (Fsp3) is 0.917. The van der Waals surface area contributed by atoms with E-state index in [9.17, 15) is 14.3 Å². The van der Waals surface area contributed by atoms with Crippen molar-refractivity contribution in [2.45, 2.75) is 187 Å². The maximum atomic E-state index is 12.3. The van der Waals surface area contributed by atoms with E-state index in [2.05, 4.69) is 13.8 Å². The van der Waals surface area contributed by atoms with Crippen LogP contribution in [-0.2, 0) is 27.9 Å². The molecule has 0 spiro atoms. The second-order valence-electron chi connectivity index (χ2n) is 12.5. The van der Waals surface area contributed by atoms with Gasteiger partial charge in [-0.2, -0.15) is 0 Å². The number of phosphoric acid groups is 1. The van der Waals surface area contributed by atoms with Crippen molar-refractivity contribution in [1.29, 1.82) is 0 Å². The van der Waals surface area contributed by atoms with E-state index in [0.717, 1.165) is 32.1 Å². The van der Waals surface area contributed by atoms with Crippen LogP contribution in [0.5, 0.6) is 0 Å². The molecule has 0 aromatic heterocycles. The summed E-state index contributed by atoms with van der Waals surface area (Å²) >= 11 is 0. The quantitative estimate of drug-likeness (QED) is 0.0295. The fourth-order valence-corrected chi connectivity index (χ4v) is 5.98. The van der Waals surface area contributed by atoms with Crippen molar-refractivity contribution in [3.8, 4) is 0 Å². The lowest BCUT2D eigenvalue weighted by Crippen LogP contribution is -2.25. The first-order chi connectivity index (χ1) is 21.9. The van der Waals surface area contributed by atoms with Crippen molar-refractivity contribution >= 4 is 13.8 Å². The second-order valence-corrected chi connectivity index (χ2v) is 14.0. The van der Waals surface area contributed by atoms with Gasteiger partial charge in [0.25, 0.3) is 0 Å². The molecule has 0 radical (unpaired) electrons. The van der Waals surface area contributed by atoms with Gasteiger partial charge in [-0.3, -0.25) is 13.8 Å². The van der Waals surface area contributed by atoms with E-state index in [1.807, 2.05) is 6.08 Å². The number of hydrogen-bond donors (Lipinski definition) is 2. The Bertz CT molecular complexity index is 707. The minimum absolute atomic E-state index is 0.0586. The number of nitrogens with two attached hydrogens (primary N) is 1. The zero-order valence-electron chi connectivity index (χ0n) is 29.4. The highest BCUT2D eigenvalue weighted by atomic mass is 31.2. The van der Waals surface area contributed by atoms with Crippen molar-refractivity contribution < 1.29 is 32.8 Å². The first-order valence-electron chi connectivity index (χ1n) is 18.7. The fourth-order valence-electron chi connectivity index (χ4n) is 5.22. The Hall–Kier alpha value is -0.920. The number of unbranched alkanes of at least 4 members (excludes halogenated alkanes) is 23. The molecule has 0 saturated carbocycles. The van der Waals surface area contributed by atoms with Crippen LogP contribution < -0.4 is 5.73 Å². The number of carbonyl (C=O) groups is 1. The number of esters is 1. The summed E-state index contributed by atoms with van der Waals surface area (Å²) in [6, 6.07) is 0. The Morgan fingerprint density at radius 3 is 1.58 bits per heavy atom. The molecule has 0 aliphatic rings. The molecular formula is C36H72NO7P. The van der Waals surface area contributed by atoms with Crippen molar-refractivity contribution in [2.24, 2.45) is 5.73 Å². The Kier molecular flexibility index (Phi) is 33.7. The lowest BCUT2D eigenvalue weighted by Gasteiger charge is -2.19. The standard InChI is InChI=1S/C36H72NO7P/c1-3-5-7-9-11-13-15-17-18-20-22-24-26-28-31-41-35(34-44-45(39,40)43-32-30-37)33-42-36(38)29-27-25-23-21-19-16-14-12-10-8-6-4-2/h28,31,35H,3-27,29-30,32-34,37H2,1-2H3,(H,39,40)/t35-/m1/s1. The number of allylic oxidation sites excluding steroid dienone is 1. The minimum atomic E-state index is -4.25. The molecule has 2 atom stereocenters. The lowest BCUT2D eigenvalue weighted by atomic mass is 10.0. The van der Waals surface area contributed by atoms with Gasteiger partial charge in [0, 0.05) is 13.0 Å². The van der Waals surface area contributed by atoms with Gasteiger partial charge in [0.1, 0.15) is 6.61 Å². The van der Waals surface area contributed by atoms with Crippen molar-refractivity contribution in [2.75, 3.05) is 26.4 Å². The molecule has 0 amide bonds. The average molecular weight is 662 g/mol. The third kappa shape index (κ3) is 34.2. The van der Waals surface area contributed by atoms with E-state index >= 15 is 0 Å². The predicted octanol–water partition coefficient (Wildman–Crippen LogP) is 10.7. The van der Waals surface area contributed by atoms with Crippen LogP contribution in [0, 0.1) is 0 Å². The van der Waals surface area contributed by atoms with E-state index in [1.165, 1.54) is 128 Å². The van der Waals surface area contributed by atoms with Gasteiger partial charge >= 0.3 is 13.8 Å². The molecule has 0 aromatic carbocycles. The number of phosphoric ester groups is 1. The Balaban J connectivity index is 4.13. The van der Waals surface area contributed by atoms with Crippen LogP contribution in [0.15, 0.2) is 12.3 Å². The van der Waals surface area contributed by atoms with E-state index in [-0.39, 0.29) is 32.3 Å². The molecule has 8 nitrogen and oxygen atoms in total. The summed E-state index contributed by atoms with van der Waals surface area (Å²) in [5.74, 6) is -0.289. The molecular weight excluding hydrogens is 589 g/mol. The molecule has 0 aliphatic carbocycles. The zero-order chi connectivity index (χ0) is 33.1. The number of hydrogen-bond acceptors (Lipinski definition) is 7. The van der Waals surface area contributed by atoms with Gasteiger partial charge in [0.15, 0.2) is 6.10 Å². The van der Waals surface area contributed by atoms with Crippen LogP contribution in [-0.4, -0.2) is 43.3 Å². The maximum Gasteiger partial charge on any atom is 0.472 e. The second kappa shape index (κ2) is 34.4. The maximum absolute atomic E-state index is 12.3. The van der Waals surface area contributed by atoms with Crippen LogP contribution in [0.25, 0.3) is 0 Å². The summed E-state index contributed by atoms with van der Waals surface area (Å²) in [4.78, 5) is 22.1. The van der Waals surface area contributed by atoms with Gasteiger partial charge in [0.05, 0.1) is 19.5 Å². The van der Waals surface area contributed by atoms with Gasteiger partial charge < -0.3 is 20.1 Å². The summed E-state index contributed by atoms with van der Waals surface area (Å²) in [5.41, 5.74) is 5.34. The smallest absolute Gasteiger partial charge is 0.472 e. The Labute approximate surface area is 277 Å². The van der Waals surface area contributed by atoms with Gasteiger partial charge in [-0.1, -0.05) is 155 Å². The summed E-state index contributed by atoms with van der Waals surface area (Å²) in [6.07, 6.45) is 34.6. The van der Waals surface area contributed by atoms with Crippen molar-refractivity contribution in [3.05, 3.63) is 12.3 Å². The molecule has 0 aliphatic heterocycles. The average Bonchev–Trinajstić information content (AvgIpc) is 3.03. The molecule has 3 N–H and O–H groups in total.